The van der Waals surface area contributed by atoms with Gasteiger partial charge in [-0.2, -0.15) is 0 Å². The van der Waals surface area contributed by atoms with E-state index in [2.05, 4.69) is 54.4 Å². The average molecular weight is 464 g/mol. The summed E-state index contributed by atoms with van der Waals surface area (Å²) in [7, 11) is 0. The fourth-order valence-electron chi connectivity index (χ4n) is 4.99. The number of aliphatic hydroxyl groups is 1. The number of nitrogens with zero attached hydrogens (tertiary/aromatic N) is 2. The molecular formula is C27H33N3O4. The maximum absolute atomic E-state index is 11.1. The summed E-state index contributed by atoms with van der Waals surface area (Å²) < 4.78 is 0. The number of hydrogen-bond acceptors (Lipinski definition) is 6. The van der Waals surface area contributed by atoms with Gasteiger partial charge < -0.3 is 15.5 Å². The Morgan fingerprint density at radius 3 is 2.68 bits per heavy atom. The van der Waals surface area contributed by atoms with E-state index in [1.165, 1.54) is 22.4 Å². The van der Waals surface area contributed by atoms with Gasteiger partial charge >= 0.3 is 5.69 Å². The highest BCUT2D eigenvalue weighted by molar-refractivity contribution is 5.83. The third kappa shape index (κ3) is 5.55. The fraction of sp³-hybridized carbons (Fsp3) is 0.407. The second kappa shape index (κ2) is 10.1. The van der Waals surface area contributed by atoms with Crippen molar-refractivity contribution in [3.8, 4) is 5.75 Å². The third-order valence-corrected chi connectivity index (χ3v) is 6.78. The molecule has 0 saturated carbocycles. The minimum atomic E-state index is -0.584. The van der Waals surface area contributed by atoms with Crippen LogP contribution in [0.2, 0.25) is 0 Å². The number of nitro benzene ring substituents is 1. The molecule has 0 spiro atoms. The monoisotopic (exact) mass is 463 g/mol. The number of phenols is 1. The zero-order valence-electron chi connectivity index (χ0n) is 19.8. The molecule has 0 bridgehead atoms. The normalized spacial score (nSPS) is 17.8. The minimum absolute atomic E-state index is 0.0670. The Morgan fingerprint density at radius 1 is 1.15 bits per heavy atom. The zero-order valence-corrected chi connectivity index (χ0v) is 19.8. The van der Waals surface area contributed by atoms with Crippen molar-refractivity contribution in [3.05, 3.63) is 81.9 Å². The van der Waals surface area contributed by atoms with Crippen LogP contribution in [0.1, 0.15) is 37.8 Å². The second-order valence-corrected chi connectivity index (χ2v) is 9.91. The maximum Gasteiger partial charge on any atom is 0.311 e. The van der Waals surface area contributed by atoms with Gasteiger partial charge in [-0.15, -0.1) is 0 Å². The predicted molar refractivity (Wildman–Crippen MR) is 134 cm³/mol. The van der Waals surface area contributed by atoms with Gasteiger partial charge in [-0.05, 0) is 56.0 Å². The molecule has 180 valence electrons. The first-order chi connectivity index (χ1) is 16.2. The first-order valence-electron chi connectivity index (χ1n) is 11.8. The summed E-state index contributed by atoms with van der Waals surface area (Å²) in [6, 6.07) is 19.4. The molecule has 7 nitrogen and oxygen atoms in total. The van der Waals surface area contributed by atoms with Crippen LogP contribution in [-0.2, 0) is 13.0 Å². The van der Waals surface area contributed by atoms with Crippen molar-refractivity contribution in [2.45, 2.75) is 57.3 Å². The molecule has 3 aromatic carbocycles. The van der Waals surface area contributed by atoms with Crippen molar-refractivity contribution in [1.29, 1.82) is 0 Å². The van der Waals surface area contributed by atoms with E-state index in [0.29, 0.717) is 18.7 Å². The second-order valence-electron chi connectivity index (χ2n) is 9.91. The van der Waals surface area contributed by atoms with Crippen LogP contribution < -0.4 is 5.32 Å². The Bertz CT molecular complexity index is 1160. The molecule has 1 fully saturated rings. The standard InChI is InChI=1S/C27H33N3O4/c1-27(2,16-19-12-13-20-7-3-4-8-21(20)15-19)28-17-25(31)23-11-6-14-29(23)18-22-9-5-10-24(26(22)32)30(33)34/h3-5,7-10,12-13,15,23,25,28,31-32H,6,11,14,16-18H2,1-2H3/t23-,25-/m1/s1. The summed E-state index contributed by atoms with van der Waals surface area (Å²) in [6.45, 7) is 5.88. The first kappa shape index (κ1) is 24.1. The SMILES string of the molecule is CC(C)(Cc1ccc2ccccc2c1)NC[C@@H](O)[C@H]1CCCN1Cc1cccc([N+](=O)[O-])c1O. The molecule has 1 saturated heterocycles. The lowest BCUT2D eigenvalue weighted by atomic mass is 9.93. The van der Waals surface area contributed by atoms with Crippen LogP contribution in [0.15, 0.2) is 60.7 Å². The van der Waals surface area contributed by atoms with E-state index in [4.69, 9.17) is 0 Å². The number of nitro groups is 1. The van der Waals surface area contributed by atoms with Gasteiger partial charge in [-0.1, -0.05) is 54.6 Å². The molecule has 0 amide bonds. The summed E-state index contributed by atoms with van der Waals surface area (Å²) >= 11 is 0. The number of fused-ring (bicyclic) bond motifs is 1. The summed E-state index contributed by atoms with van der Waals surface area (Å²) in [6.07, 6.45) is 2.04. The van der Waals surface area contributed by atoms with E-state index in [-0.39, 0.29) is 23.0 Å². The molecule has 34 heavy (non-hydrogen) atoms. The van der Waals surface area contributed by atoms with Gasteiger partial charge in [-0.3, -0.25) is 15.0 Å². The number of benzene rings is 3. The number of β-amino-alcohol motifs (C(OH)–C–C–N with tert-alkyl or cyclic N) is 1. The lowest BCUT2D eigenvalue weighted by Crippen LogP contribution is -2.50. The molecule has 2 atom stereocenters. The molecule has 4 rings (SSSR count). The average Bonchev–Trinajstić information content (AvgIpc) is 3.26. The highest BCUT2D eigenvalue weighted by Gasteiger charge is 2.32. The van der Waals surface area contributed by atoms with Crippen LogP contribution in [0.4, 0.5) is 5.69 Å². The number of hydrogen-bond donors (Lipinski definition) is 3. The molecule has 3 aromatic rings. The van der Waals surface area contributed by atoms with Gasteiger partial charge in [0.05, 0.1) is 11.0 Å². The summed E-state index contributed by atoms with van der Waals surface area (Å²) in [5.41, 5.74) is 1.27. The first-order valence-corrected chi connectivity index (χ1v) is 11.8. The van der Waals surface area contributed by atoms with E-state index in [9.17, 15) is 20.3 Å². The van der Waals surface area contributed by atoms with Gasteiger partial charge in [0.2, 0.25) is 0 Å². The topological polar surface area (TPSA) is 98.9 Å². The van der Waals surface area contributed by atoms with Crippen LogP contribution in [0.5, 0.6) is 5.75 Å². The Hall–Kier alpha value is -3.00. The number of rotatable bonds is 9. The molecule has 0 unspecified atom stereocenters. The van der Waals surface area contributed by atoms with Gasteiger partial charge in [-0.25, -0.2) is 0 Å². The highest BCUT2D eigenvalue weighted by Crippen LogP contribution is 2.32. The van der Waals surface area contributed by atoms with Crippen LogP contribution in [0.3, 0.4) is 0 Å². The molecule has 1 heterocycles. The lowest BCUT2D eigenvalue weighted by molar-refractivity contribution is -0.386. The highest BCUT2D eigenvalue weighted by atomic mass is 16.6. The van der Waals surface area contributed by atoms with Gasteiger partial charge in [0.15, 0.2) is 5.75 Å². The molecule has 1 aliphatic rings. The van der Waals surface area contributed by atoms with Crippen molar-refractivity contribution < 1.29 is 15.1 Å². The van der Waals surface area contributed by atoms with E-state index >= 15 is 0 Å². The number of nitrogens with one attached hydrogen (secondary N) is 1. The van der Waals surface area contributed by atoms with Gasteiger partial charge in [0, 0.05) is 36.3 Å². The number of phenolic OH excluding ortho intramolecular Hbond substituents is 1. The molecule has 0 aromatic heterocycles. The van der Waals surface area contributed by atoms with Gasteiger partial charge in [0.1, 0.15) is 0 Å². The van der Waals surface area contributed by atoms with E-state index in [1.54, 1.807) is 12.1 Å². The molecule has 1 aliphatic heterocycles. The molecule has 0 aliphatic carbocycles. The summed E-state index contributed by atoms with van der Waals surface area (Å²) in [5, 5.41) is 38.5. The van der Waals surface area contributed by atoms with E-state index in [1.807, 2.05) is 12.1 Å². The largest absolute Gasteiger partial charge is 0.502 e. The van der Waals surface area contributed by atoms with Crippen molar-refractivity contribution in [3.63, 3.8) is 0 Å². The molecule has 0 radical (unpaired) electrons. The number of likely N-dealkylation sites (tertiary alicyclic amines) is 1. The fourth-order valence-corrected chi connectivity index (χ4v) is 4.99. The number of para-hydroxylation sites is 1. The Labute approximate surface area is 200 Å². The van der Waals surface area contributed by atoms with Gasteiger partial charge in [0.25, 0.3) is 0 Å². The molecule has 3 N–H and O–H groups in total. The quantitative estimate of drug-likeness (QED) is 0.322. The minimum Gasteiger partial charge on any atom is -0.502 e. The summed E-state index contributed by atoms with van der Waals surface area (Å²) in [4.78, 5) is 12.7. The predicted octanol–water partition coefficient (Wildman–Crippen LogP) is 4.39. The van der Waals surface area contributed by atoms with E-state index in [0.717, 1.165) is 25.8 Å². The Balaban J connectivity index is 1.37. The third-order valence-electron chi connectivity index (χ3n) is 6.78. The Kier molecular flexibility index (Phi) is 7.16. The van der Waals surface area contributed by atoms with Crippen molar-refractivity contribution in [2.75, 3.05) is 13.1 Å². The van der Waals surface area contributed by atoms with E-state index < -0.39 is 11.0 Å². The number of aromatic hydroxyl groups is 1. The summed E-state index contributed by atoms with van der Waals surface area (Å²) in [5.74, 6) is -0.290. The van der Waals surface area contributed by atoms with Crippen LogP contribution in [0.25, 0.3) is 10.8 Å². The van der Waals surface area contributed by atoms with Crippen molar-refractivity contribution in [1.82, 2.24) is 10.2 Å². The van der Waals surface area contributed by atoms with Crippen LogP contribution in [-0.4, -0.2) is 50.8 Å². The zero-order chi connectivity index (χ0) is 24.3. The van der Waals surface area contributed by atoms with Crippen LogP contribution >= 0.6 is 0 Å². The Morgan fingerprint density at radius 2 is 1.91 bits per heavy atom. The molecular weight excluding hydrogens is 430 g/mol. The van der Waals surface area contributed by atoms with Crippen molar-refractivity contribution in [2.24, 2.45) is 0 Å². The number of aliphatic hydroxyl groups excluding tert-OH is 1. The smallest absolute Gasteiger partial charge is 0.311 e. The van der Waals surface area contributed by atoms with Crippen molar-refractivity contribution >= 4 is 16.5 Å². The maximum atomic E-state index is 11.1. The van der Waals surface area contributed by atoms with Crippen LogP contribution in [0, 0.1) is 10.1 Å². The molecule has 7 heteroatoms. The lowest BCUT2D eigenvalue weighted by Gasteiger charge is -2.33.